The molecule has 3 rings (SSSR count). The third kappa shape index (κ3) is 3.98. The van der Waals surface area contributed by atoms with Crippen molar-refractivity contribution in [1.29, 1.82) is 0 Å². The van der Waals surface area contributed by atoms with Gasteiger partial charge in [-0.05, 0) is 12.1 Å². The Hall–Kier alpha value is -2.84. The third-order valence-electron chi connectivity index (χ3n) is 3.81. The van der Waals surface area contributed by atoms with Crippen molar-refractivity contribution in [3.05, 3.63) is 58.1 Å². The van der Waals surface area contributed by atoms with Gasteiger partial charge in [0.05, 0.1) is 17.7 Å². The second-order valence-electron chi connectivity index (χ2n) is 5.60. The van der Waals surface area contributed by atoms with Gasteiger partial charge in [-0.25, -0.2) is 4.98 Å². The van der Waals surface area contributed by atoms with Crippen LogP contribution in [0.3, 0.4) is 0 Å². The minimum atomic E-state index is -4.47. The number of H-pyrrole nitrogens is 1. The second kappa shape index (κ2) is 6.58. The maximum atomic E-state index is 12.7. The number of hydrogen-bond acceptors (Lipinski definition) is 4. The average Bonchev–Trinajstić information content (AvgIpc) is 3.03. The summed E-state index contributed by atoms with van der Waals surface area (Å²) in [5.41, 5.74) is -0.816. The molecule has 6 nitrogen and oxygen atoms in total. The summed E-state index contributed by atoms with van der Waals surface area (Å²) in [6.45, 7) is 0.636. The molecule has 0 spiro atoms. The number of carbonyl (C=O) groups excluding carboxylic acids is 1. The van der Waals surface area contributed by atoms with Gasteiger partial charge in [0.1, 0.15) is 6.10 Å². The fraction of sp³-hybridized carbons (Fsp3) is 0.312. The summed E-state index contributed by atoms with van der Waals surface area (Å²) in [4.78, 5) is 31.1. The molecule has 1 atom stereocenters. The summed E-state index contributed by atoms with van der Waals surface area (Å²) in [7, 11) is 0. The fourth-order valence-corrected chi connectivity index (χ4v) is 2.56. The first-order valence-electron chi connectivity index (χ1n) is 7.51. The quantitative estimate of drug-likeness (QED) is 0.917. The van der Waals surface area contributed by atoms with Crippen molar-refractivity contribution in [3.8, 4) is 5.88 Å². The first kappa shape index (κ1) is 17.0. The minimum absolute atomic E-state index is 0.127. The zero-order chi connectivity index (χ0) is 18.0. The number of ether oxygens (including phenoxy) is 1. The SMILES string of the molecule is O=C(c1ccc(=O)[nH]c1)N1CCC(Oc2cc(C(F)(F)F)ccn2)C1. The molecule has 0 radical (unpaired) electrons. The largest absolute Gasteiger partial charge is 0.472 e. The molecule has 132 valence electrons. The van der Waals surface area contributed by atoms with Crippen LogP contribution in [0.15, 0.2) is 41.5 Å². The van der Waals surface area contributed by atoms with Crippen molar-refractivity contribution < 1.29 is 22.7 Å². The number of likely N-dealkylation sites (tertiary alicyclic amines) is 1. The lowest BCUT2D eigenvalue weighted by molar-refractivity contribution is -0.137. The van der Waals surface area contributed by atoms with E-state index in [1.54, 1.807) is 0 Å². The molecule has 0 bridgehead atoms. The van der Waals surface area contributed by atoms with Gasteiger partial charge in [-0.3, -0.25) is 9.59 Å². The van der Waals surface area contributed by atoms with E-state index in [1.165, 1.54) is 23.2 Å². The molecule has 1 aliphatic heterocycles. The summed E-state index contributed by atoms with van der Waals surface area (Å²) in [5.74, 6) is -0.405. The van der Waals surface area contributed by atoms with Gasteiger partial charge in [-0.2, -0.15) is 13.2 Å². The maximum absolute atomic E-state index is 12.7. The van der Waals surface area contributed by atoms with Crippen LogP contribution in [0.5, 0.6) is 5.88 Å². The highest BCUT2D eigenvalue weighted by molar-refractivity contribution is 5.94. The van der Waals surface area contributed by atoms with E-state index in [-0.39, 0.29) is 23.9 Å². The zero-order valence-corrected chi connectivity index (χ0v) is 12.9. The van der Waals surface area contributed by atoms with Gasteiger partial charge in [0.15, 0.2) is 0 Å². The number of aromatic nitrogens is 2. The topological polar surface area (TPSA) is 75.3 Å². The Morgan fingerprint density at radius 3 is 2.80 bits per heavy atom. The average molecular weight is 353 g/mol. The molecule has 0 aliphatic carbocycles. The minimum Gasteiger partial charge on any atom is -0.472 e. The van der Waals surface area contributed by atoms with Crippen LogP contribution >= 0.6 is 0 Å². The molecular formula is C16H14F3N3O3. The Bertz CT molecular complexity index is 815. The molecule has 25 heavy (non-hydrogen) atoms. The summed E-state index contributed by atoms with van der Waals surface area (Å²) >= 11 is 0. The van der Waals surface area contributed by atoms with Crippen LogP contribution in [0.1, 0.15) is 22.3 Å². The predicted octanol–water partition coefficient (Wildman–Crippen LogP) is 2.08. The first-order valence-corrected chi connectivity index (χ1v) is 7.51. The van der Waals surface area contributed by atoms with Crippen molar-refractivity contribution in [2.24, 2.45) is 0 Å². The van der Waals surface area contributed by atoms with E-state index in [2.05, 4.69) is 9.97 Å². The van der Waals surface area contributed by atoms with Crippen molar-refractivity contribution in [1.82, 2.24) is 14.9 Å². The number of hydrogen-bond donors (Lipinski definition) is 1. The smallest absolute Gasteiger partial charge is 0.416 e. The lowest BCUT2D eigenvalue weighted by atomic mass is 10.2. The second-order valence-corrected chi connectivity index (χ2v) is 5.60. The number of pyridine rings is 2. The number of nitrogens with zero attached hydrogens (tertiary/aromatic N) is 2. The summed E-state index contributed by atoms with van der Waals surface area (Å²) < 4.78 is 43.6. The maximum Gasteiger partial charge on any atom is 0.416 e. The molecule has 1 amide bonds. The highest BCUT2D eigenvalue weighted by Crippen LogP contribution is 2.31. The molecule has 9 heteroatoms. The number of halogens is 3. The van der Waals surface area contributed by atoms with Crippen molar-refractivity contribution in [2.75, 3.05) is 13.1 Å². The van der Waals surface area contributed by atoms with Gasteiger partial charge in [-0.1, -0.05) is 0 Å². The number of alkyl halides is 3. The van der Waals surface area contributed by atoms with Gasteiger partial charge < -0.3 is 14.6 Å². The first-order chi connectivity index (χ1) is 11.8. The van der Waals surface area contributed by atoms with Crippen LogP contribution in [-0.4, -0.2) is 40.0 Å². The van der Waals surface area contributed by atoms with E-state index in [1.807, 2.05) is 0 Å². The number of carbonyl (C=O) groups is 1. The lowest BCUT2D eigenvalue weighted by Crippen LogP contribution is -2.31. The third-order valence-corrected chi connectivity index (χ3v) is 3.81. The number of amides is 1. The van der Waals surface area contributed by atoms with Crippen LogP contribution < -0.4 is 10.3 Å². The normalized spacial score (nSPS) is 17.6. The molecule has 1 unspecified atom stereocenters. The number of aromatic amines is 1. The summed E-state index contributed by atoms with van der Waals surface area (Å²) in [6.07, 6.45) is -2.07. The molecule has 0 aromatic carbocycles. The zero-order valence-electron chi connectivity index (χ0n) is 12.9. The van der Waals surface area contributed by atoms with Crippen molar-refractivity contribution >= 4 is 5.91 Å². The van der Waals surface area contributed by atoms with Crippen LogP contribution in [0.25, 0.3) is 0 Å². The Kier molecular flexibility index (Phi) is 4.47. The molecule has 1 aliphatic rings. The van der Waals surface area contributed by atoms with E-state index in [0.29, 0.717) is 18.5 Å². The Morgan fingerprint density at radius 2 is 2.12 bits per heavy atom. The molecule has 0 saturated carbocycles. The van der Waals surface area contributed by atoms with E-state index in [9.17, 15) is 22.8 Å². The van der Waals surface area contributed by atoms with E-state index >= 15 is 0 Å². The fourth-order valence-electron chi connectivity index (χ4n) is 2.56. The van der Waals surface area contributed by atoms with Gasteiger partial charge in [0.25, 0.3) is 5.91 Å². The number of nitrogens with one attached hydrogen (secondary N) is 1. The molecule has 3 heterocycles. The van der Waals surface area contributed by atoms with Gasteiger partial charge in [-0.15, -0.1) is 0 Å². The van der Waals surface area contributed by atoms with E-state index in [4.69, 9.17) is 4.74 Å². The van der Waals surface area contributed by atoms with Crippen LogP contribution in [0.2, 0.25) is 0 Å². The van der Waals surface area contributed by atoms with Crippen LogP contribution in [-0.2, 0) is 6.18 Å². The Balaban J connectivity index is 1.64. The van der Waals surface area contributed by atoms with Crippen LogP contribution in [0, 0.1) is 0 Å². The summed E-state index contributed by atoms with van der Waals surface area (Å²) in [6, 6.07) is 4.38. The highest BCUT2D eigenvalue weighted by Gasteiger charge is 2.32. The van der Waals surface area contributed by atoms with E-state index in [0.717, 1.165) is 18.3 Å². The van der Waals surface area contributed by atoms with Crippen LogP contribution in [0.4, 0.5) is 13.2 Å². The van der Waals surface area contributed by atoms with Crippen molar-refractivity contribution in [2.45, 2.75) is 18.7 Å². The highest BCUT2D eigenvalue weighted by atomic mass is 19.4. The Morgan fingerprint density at radius 1 is 1.32 bits per heavy atom. The molecule has 2 aromatic heterocycles. The van der Waals surface area contributed by atoms with Gasteiger partial charge >= 0.3 is 6.18 Å². The molecule has 2 aromatic rings. The van der Waals surface area contributed by atoms with E-state index < -0.39 is 17.8 Å². The molecule has 1 saturated heterocycles. The van der Waals surface area contributed by atoms with Gasteiger partial charge in [0, 0.05) is 37.5 Å². The van der Waals surface area contributed by atoms with Crippen molar-refractivity contribution in [3.63, 3.8) is 0 Å². The van der Waals surface area contributed by atoms with Gasteiger partial charge in [0.2, 0.25) is 11.4 Å². The molecule has 1 fully saturated rings. The molecular weight excluding hydrogens is 339 g/mol. The monoisotopic (exact) mass is 353 g/mol. The predicted molar refractivity (Wildman–Crippen MR) is 81.2 cm³/mol. The standard InChI is InChI=1S/C16H14F3N3O3/c17-16(18,19)11-3-5-20-14(7-11)25-12-4-6-22(9-12)15(24)10-1-2-13(23)21-8-10/h1-3,5,7-8,12H,4,6,9H2,(H,21,23). The number of rotatable bonds is 3. The Labute approximate surface area is 140 Å². The lowest BCUT2D eigenvalue weighted by Gasteiger charge is -2.17. The summed E-state index contributed by atoms with van der Waals surface area (Å²) in [5, 5.41) is 0. The molecule has 1 N–H and O–H groups in total.